The van der Waals surface area contributed by atoms with Gasteiger partial charge in [-0.3, -0.25) is 4.79 Å². The maximum absolute atomic E-state index is 12.4. The number of anilines is 1. The molecular weight excluding hydrogens is 244 g/mol. The van der Waals surface area contributed by atoms with E-state index in [0.717, 1.165) is 23.2 Å². The van der Waals surface area contributed by atoms with Crippen molar-refractivity contribution in [1.82, 2.24) is 0 Å². The van der Waals surface area contributed by atoms with Crippen LogP contribution < -0.4 is 10.6 Å². The largest absolute Gasteiger partial charge is 0.326 e. The van der Waals surface area contributed by atoms with Crippen molar-refractivity contribution in [3.8, 4) is 0 Å². The van der Waals surface area contributed by atoms with Gasteiger partial charge in [0.1, 0.15) is 0 Å². The quantitative estimate of drug-likeness (QED) is 0.853. The number of nitrogens with two attached hydrogens (primary N) is 1. The van der Waals surface area contributed by atoms with E-state index in [1.807, 2.05) is 41.1 Å². The molecule has 92 valence electrons. The molecular formula is C14H14N2OS. The average molecular weight is 258 g/mol. The van der Waals surface area contributed by atoms with E-state index < -0.39 is 0 Å². The SMILES string of the molecule is NC1Cc2ccccc2N(C(=O)c2ccsc2)C1. The van der Waals surface area contributed by atoms with E-state index in [1.165, 1.54) is 11.3 Å². The van der Waals surface area contributed by atoms with Crippen LogP contribution in [0.3, 0.4) is 0 Å². The normalized spacial score (nSPS) is 18.5. The Morgan fingerprint density at radius 3 is 2.94 bits per heavy atom. The van der Waals surface area contributed by atoms with Crippen LogP contribution in [0.25, 0.3) is 0 Å². The van der Waals surface area contributed by atoms with E-state index in [4.69, 9.17) is 5.73 Å². The molecule has 0 saturated heterocycles. The third-order valence-corrected chi connectivity index (χ3v) is 3.88. The van der Waals surface area contributed by atoms with Crippen LogP contribution in [-0.2, 0) is 6.42 Å². The van der Waals surface area contributed by atoms with E-state index in [1.54, 1.807) is 4.90 Å². The molecule has 1 aliphatic heterocycles. The molecule has 1 unspecified atom stereocenters. The van der Waals surface area contributed by atoms with Crippen LogP contribution in [0.1, 0.15) is 15.9 Å². The summed E-state index contributed by atoms with van der Waals surface area (Å²) in [4.78, 5) is 14.2. The summed E-state index contributed by atoms with van der Waals surface area (Å²) in [6, 6.07) is 9.86. The van der Waals surface area contributed by atoms with Crippen molar-refractivity contribution in [3.05, 3.63) is 52.2 Å². The molecule has 0 saturated carbocycles. The Labute approximate surface area is 110 Å². The molecule has 1 aliphatic rings. The van der Waals surface area contributed by atoms with Crippen molar-refractivity contribution in [2.75, 3.05) is 11.4 Å². The van der Waals surface area contributed by atoms with Crippen molar-refractivity contribution >= 4 is 22.9 Å². The summed E-state index contributed by atoms with van der Waals surface area (Å²) < 4.78 is 0. The number of carbonyl (C=O) groups is 1. The number of para-hydroxylation sites is 1. The van der Waals surface area contributed by atoms with Gasteiger partial charge < -0.3 is 10.6 Å². The van der Waals surface area contributed by atoms with E-state index in [2.05, 4.69) is 0 Å². The number of rotatable bonds is 1. The fraction of sp³-hybridized carbons (Fsp3) is 0.214. The van der Waals surface area contributed by atoms with Crippen LogP contribution in [0.15, 0.2) is 41.1 Å². The summed E-state index contributed by atoms with van der Waals surface area (Å²) in [5.74, 6) is 0.0406. The molecule has 0 spiro atoms. The van der Waals surface area contributed by atoms with Crippen molar-refractivity contribution < 1.29 is 4.79 Å². The summed E-state index contributed by atoms with van der Waals surface area (Å²) in [6.07, 6.45) is 0.837. The highest BCUT2D eigenvalue weighted by molar-refractivity contribution is 7.08. The van der Waals surface area contributed by atoms with Crippen LogP contribution in [0.2, 0.25) is 0 Å². The van der Waals surface area contributed by atoms with E-state index >= 15 is 0 Å². The highest BCUT2D eigenvalue weighted by Gasteiger charge is 2.27. The third kappa shape index (κ3) is 1.94. The summed E-state index contributed by atoms with van der Waals surface area (Å²) in [6.45, 7) is 0.589. The Morgan fingerprint density at radius 1 is 1.33 bits per heavy atom. The first-order valence-electron chi connectivity index (χ1n) is 5.93. The minimum Gasteiger partial charge on any atom is -0.326 e. The highest BCUT2D eigenvalue weighted by Crippen LogP contribution is 2.28. The molecule has 1 amide bonds. The molecule has 2 heterocycles. The minimum atomic E-state index is 0.0162. The first kappa shape index (κ1) is 11.4. The van der Waals surface area contributed by atoms with Crippen molar-refractivity contribution in [2.24, 2.45) is 5.73 Å². The van der Waals surface area contributed by atoms with Gasteiger partial charge in [0.15, 0.2) is 0 Å². The number of amides is 1. The molecule has 0 radical (unpaired) electrons. The Hall–Kier alpha value is -1.65. The van der Waals surface area contributed by atoms with Crippen LogP contribution in [0.4, 0.5) is 5.69 Å². The van der Waals surface area contributed by atoms with Gasteiger partial charge >= 0.3 is 0 Å². The number of hydrogen-bond acceptors (Lipinski definition) is 3. The Bertz CT molecular complexity index is 565. The van der Waals surface area contributed by atoms with E-state index in [9.17, 15) is 4.79 Å². The van der Waals surface area contributed by atoms with Gasteiger partial charge in [0, 0.05) is 23.7 Å². The van der Waals surface area contributed by atoms with Crippen LogP contribution >= 0.6 is 11.3 Å². The van der Waals surface area contributed by atoms with Gasteiger partial charge in [-0.1, -0.05) is 18.2 Å². The van der Waals surface area contributed by atoms with Gasteiger partial charge in [0.25, 0.3) is 5.91 Å². The second-order valence-electron chi connectivity index (χ2n) is 4.52. The van der Waals surface area contributed by atoms with Crippen LogP contribution in [0.5, 0.6) is 0 Å². The summed E-state index contributed by atoms with van der Waals surface area (Å²) in [5, 5.41) is 3.80. The number of hydrogen-bond donors (Lipinski definition) is 1. The number of carbonyl (C=O) groups excluding carboxylic acids is 1. The number of thiophene rings is 1. The molecule has 3 rings (SSSR count). The standard InChI is InChI=1S/C14H14N2OS/c15-12-7-10-3-1-2-4-13(10)16(8-12)14(17)11-5-6-18-9-11/h1-6,9,12H,7-8,15H2. The average Bonchev–Trinajstić information content (AvgIpc) is 2.90. The van der Waals surface area contributed by atoms with Gasteiger partial charge in [-0.05, 0) is 29.5 Å². The number of nitrogens with zero attached hydrogens (tertiary/aromatic N) is 1. The maximum Gasteiger partial charge on any atom is 0.259 e. The van der Waals surface area contributed by atoms with Gasteiger partial charge in [0.2, 0.25) is 0 Å². The summed E-state index contributed by atoms with van der Waals surface area (Å²) in [7, 11) is 0. The lowest BCUT2D eigenvalue weighted by Gasteiger charge is -2.32. The van der Waals surface area contributed by atoms with Gasteiger partial charge in [-0.2, -0.15) is 11.3 Å². The lowest BCUT2D eigenvalue weighted by Crippen LogP contribution is -2.46. The fourth-order valence-corrected chi connectivity index (χ4v) is 2.99. The molecule has 4 heteroatoms. The minimum absolute atomic E-state index is 0.0162. The zero-order valence-corrected chi connectivity index (χ0v) is 10.7. The molecule has 0 fully saturated rings. The molecule has 18 heavy (non-hydrogen) atoms. The van der Waals surface area contributed by atoms with Crippen LogP contribution in [0, 0.1) is 0 Å². The lowest BCUT2D eigenvalue weighted by atomic mass is 9.98. The maximum atomic E-state index is 12.4. The third-order valence-electron chi connectivity index (χ3n) is 3.19. The second-order valence-corrected chi connectivity index (χ2v) is 5.30. The second kappa shape index (κ2) is 4.55. The van der Waals surface area contributed by atoms with E-state index in [-0.39, 0.29) is 11.9 Å². The Kier molecular flexibility index (Phi) is 2.89. The molecule has 0 aliphatic carbocycles. The molecule has 1 aromatic carbocycles. The van der Waals surface area contributed by atoms with Gasteiger partial charge in [-0.25, -0.2) is 0 Å². The molecule has 1 atom stereocenters. The highest BCUT2D eigenvalue weighted by atomic mass is 32.1. The number of fused-ring (bicyclic) bond motifs is 1. The van der Waals surface area contributed by atoms with Crippen molar-refractivity contribution in [2.45, 2.75) is 12.5 Å². The molecule has 2 aromatic rings. The number of benzene rings is 1. The fourth-order valence-electron chi connectivity index (χ4n) is 2.36. The molecule has 3 nitrogen and oxygen atoms in total. The Morgan fingerprint density at radius 2 is 2.17 bits per heavy atom. The van der Waals surface area contributed by atoms with Crippen molar-refractivity contribution in [1.29, 1.82) is 0 Å². The lowest BCUT2D eigenvalue weighted by molar-refractivity contribution is 0.0984. The summed E-state index contributed by atoms with van der Waals surface area (Å²) >= 11 is 1.54. The smallest absolute Gasteiger partial charge is 0.259 e. The molecule has 2 N–H and O–H groups in total. The molecule has 1 aromatic heterocycles. The topological polar surface area (TPSA) is 46.3 Å². The van der Waals surface area contributed by atoms with E-state index in [0.29, 0.717) is 6.54 Å². The first-order valence-corrected chi connectivity index (χ1v) is 6.87. The zero-order valence-electron chi connectivity index (χ0n) is 9.87. The Balaban J connectivity index is 2.00. The first-order chi connectivity index (χ1) is 8.75. The molecule has 0 bridgehead atoms. The van der Waals surface area contributed by atoms with Gasteiger partial charge in [-0.15, -0.1) is 0 Å². The monoisotopic (exact) mass is 258 g/mol. The van der Waals surface area contributed by atoms with Crippen LogP contribution in [-0.4, -0.2) is 18.5 Å². The predicted molar refractivity (Wildman–Crippen MR) is 74.1 cm³/mol. The predicted octanol–water partition coefficient (Wildman–Crippen LogP) is 2.28. The zero-order chi connectivity index (χ0) is 12.5. The van der Waals surface area contributed by atoms with Gasteiger partial charge in [0.05, 0.1) is 5.56 Å². The van der Waals surface area contributed by atoms with Crippen molar-refractivity contribution in [3.63, 3.8) is 0 Å². The summed E-state index contributed by atoms with van der Waals surface area (Å²) in [5.41, 5.74) is 8.93.